The van der Waals surface area contributed by atoms with Crippen molar-refractivity contribution in [1.82, 2.24) is 0 Å². The second-order valence-electron chi connectivity index (χ2n) is 5.57. The predicted molar refractivity (Wildman–Crippen MR) is 60.3 cm³/mol. The molecule has 0 radical (unpaired) electrons. The van der Waals surface area contributed by atoms with Crippen molar-refractivity contribution in [2.24, 2.45) is 11.8 Å². The van der Waals surface area contributed by atoms with Crippen molar-refractivity contribution in [2.45, 2.75) is 59.6 Å². The summed E-state index contributed by atoms with van der Waals surface area (Å²) in [5.41, 5.74) is 0. The first-order chi connectivity index (χ1) is 5.27. The van der Waals surface area contributed by atoms with E-state index in [1.807, 2.05) is 0 Å². The molecule has 0 rings (SSSR count). The van der Waals surface area contributed by atoms with Crippen LogP contribution in [0.1, 0.15) is 48.5 Å². The third kappa shape index (κ3) is 3.64. The van der Waals surface area contributed by atoms with Crippen molar-refractivity contribution in [3.05, 3.63) is 0 Å². The molecule has 0 saturated carbocycles. The molecule has 0 aliphatic rings. The van der Waals surface area contributed by atoms with Crippen LogP contribution in [0, 0.1) is 11.8 Å². The number of hydrogen-bond acceptors (Lipinski definition) is 0. The summed E-state index contributed by atoms with van der Waals surface area (Å²) in [5.74, 6) is 2.46. The molecule has 1 unspecified atom stereocenters. The van der Waals surface area contributed by atoms with Gasteiger partial charge in [0.05, 0.1) is 0 Å². The molecule has 0 heterocycles. The minimum absolute atomic E-state index is 0.504. The van der Waals surface area contributed by atoms with Gasteiger partial charge in [-0.15, -0.1) is 0 Å². The van der Waals surface area contributed by atoms with Crippen molar-refractivity contribution in [1.29, 1.82) is 0 Å². The molecule has 72 valence electrons. The van der Waals surface area contributed by atoms with Gasteiger partial charge in [-0.25, -0.2) is 0 Å². The molecule has 0 aromatic carbocycles. The average molecular weight is 168 g/mol. The Labute approximate surface area is 79.4 Å². The molecule has 0 aromatic rings. The van der Waals surface area contributed by atoms with Crippen LogP contribution in [-0.4, -0.2) is 7.28 Å². The summed E-state index contributed by atoms with van der Waals surface area (Å²) in [5, 5.41) is 0.504. The summed E-state index contributed by atoms with van der Waals surface area (Å²) in [6.45, 7) is 16.4. The number of rotatable bonds is 4. The van der Waals surface area contributed by atoms with Gasteiger partial charge in [-0.05, 0) is 5.92 Å². The quantitative estimate of drug-likeness (QED) is 0.561. The Bertz CT molecular complexity index is 125. The molecular weight excluding hydrogens is 143 g/mol. The zero-order valence-corrected chi connectivity index (χ0v) is 9.94. The van der Waals surface area contributed by atoms with E-state index in [0.717, 1.165) is 17.7 Å². The van der Waals surface area contributed by atoms with Crippen LogP contribution in [0.4, 0.5) is 0 Å². The van der Waals surface area contributed by atoms with Crippen LogP contribution < -0.4 is 0 Å². The molecule has 0 bridgehead atoms. The van der Waals surface area contributed by atoms with Crippen molar-refractivity contribution < 1.29 is 0 Å². The molecule has 12 heavy (non-hydrogen) atoms. The zero-order valence-electron chi connectivity index (χ0n) is 9.94. The minimum Gasteiger partial charge on any atom is -0.0691 e. The zero-order chi connectivity index (χ0) is 9.94. The lowest BCUT2D eigenvalue weighted by atomic mass is 9.42. The molecule has 0 spiro atoms. The monoisotopic (exact) mass is 168 g/mol. The maximum Gasteiger partial charge on any atom is 0.131 e. The second kappa shape index (κ2) is 4.34. The topological polar surface area (TPSA) is 0 Å². The fraction of sp³-hybridized carbons (Fsp3) is 1.00. The summed E-state index contributed by atoms with van der Waals surface area (Å²) in [6.07, 6.45) is 0. The SMILES string of the molecule is CC(C)C(C)BC(C)(C)C(C)C. The lowest BCUT2D eigenvalue weighted by Crippen LogP contribution is -2.24. The van der Waals surface area contributed by atoms with Gasteiger partial charge >= 0.3 is 0 Å². The highest BCUT2D eigenvalue weighted by Gasteiger charge is 2.27. The Hall–Kier alpha value is 0.0649. The smallest absolute Gasteiger partial charge is 0.0691 e. The first kappa shape index (κ1) is 12.1. The molecule has 1 atom stereocenters. The van der Waals surface area contributed by atoms with Crippen LogP contribution in [0.15, 0.2) is 0 Å². The standard InChI is InChI=1S/C11H25B/c1-8(2)10(5)12-11(6,7)9(3)4/h8-10,12H,1-7H3. The van der Waals surface area contributed by atoms with Gasteiger partial charge in [0.2, 0.25) is 0 Å². The lowest BCUT2D eigenvalue weighted by Gasteiger charge is -2.32. The first-order valence-electron chi connectivity index (χ1n) is 5.27. The molecule has 0 aliphatic heterocycles. The highest BCUT2D eigenvalue weighted by molar-refractivity contribution is 6.41. The van der Waals surface area contributed by atoms with Gasteiger partial charge in [-0.1, -0.05) is 65.5 Å². The maximum atomic E-state index is 2.39. The molecular formula is C11H25B. The summed E-state index contributed by atoms with van der Waals surface area (Å²) < 4.78 is 0. The molecule has 0 fully saturated rings. The summed E-state index contributed by atoms with van der Waals surface area (Å²) in [7, 11) is 1.35. The maximum absolute atomic E-state index is 2.39. The normalized spacial score (nSPS) is 15.4. The van der Waals surface area contributed by atoms with Gasteiger partial charge in [-0.3, -0.25) is 0 Å². The van der Waals surface area contributed by atoms with Crippen LogP contribution in [-0.2, 0) is 0 Å². The van der Waals surface area contributed by atoms with E-state index in [0.29, 0.717) is 5.31 Å². The minimum atomic E-state index is 0.504. The van der Waals surface area contributed by atoms with Gasteiger partial charge in [0.15, 0.2) is 0 Å². The third-order valence-electron chi connectivity index (χ3n) is 3.55. The van der Waals surface area contributed by atoms with Gasteiger partial charge in [-0.2, -0.15) is 0 Å². The van der Waals surface area contributed by atoms with E-state index in [4.69, 9.17) is 0 Å². The van der Waals surface area contributed by atoms with E-state index >= 15 is 0 Å². The Morgan fingerprint density at radius 1 is 0.917 bits per heavy atom. The lowest BCUT2D eigenvalue weighted by molar-refractivity contribution is 0.459. The van der Waals surface area contributed by atoms with Gasteiger partial charge in [0, 0.05) is 0 Å². The predicted octanol–water partition coefficient (Wildman–Crippen LogP) is 3.74. The molecule has 0 aliphatic carbocycles. The fourth-order valence-electron chi connectivity index (χ4n) is 1.30. The molecule has 0 nitrogen and oxygen atoms in total. The van der Waals surface area contributed by atoms with Gasteiger partial charge < -0.3 is 0 Å². The third-order valence-corrected chi connectivity index (χ3v) is 3.55. The molecule has 0 saturated heterocycles. The van der Waals surface area contributed by atoms with E-state index in [9.17, 15) is 0 Å². The number of hydrogen-bond donors (Lipinski definition) is 0. The Morgan fingerprint density at radius 2 is 1.33 bits per heavy atom. The highest BCUT2D eigenvalue weighted by atomic mass is 14.2. The Kier molecular flexibility index (Phi) is 4.37. The van der Waals surface area contributed by atoms with Gasteiger partial charge in [0.25, 0.3) is 0 Å². The van der Waals surface area contributed by atoms with E-state index in [1.54, 1.807) is 0 Å². The highest BCUT2D eigenvalue weighted by Crippen LogP contribution is 2.37. The van der Waals surface area contributed by atoms with E-state index < -0.39 is 0 Å². The van der Waals surface area contributed by atoms with E-state index in [1.165, 1.54) is 7.28 Å². The van der Waals surface area contributed by atoms with Crippen LogP contribution in [0.3, 0.4) is 0 Å². The van der Waals surface area contributed by atoms with Crippen LogP contribution >= 0.6 is 0 Å². The fourth-order valence-corrected chi connectivity index (χ4v) is 1.30. The second-order valence-corrected chi connectivity index (χ2v) is 5.57. The molecule has 0 aromatic heterocycles. The van der Waals surface area contributed by atoms with Crippen molar-refractivity contribution in [3.8, 4) is 0 Å². The van der Waals surface area contributed by atoms with E-state index in [2.05, 4.69) is 48.5 Å². The summed E-state index contributed by atoms with van der Waals surface area (Å²) in [4.78, 5) is 0. The summed E-state index contributed by atoms with van der Waals surface area (Å²) in [6, 6.07) is 0. The van der Waals surface area contributed by atoms with Crippen molar-refractivity contribution >= 4 is 7.28 Å². The molecule has 0 N–H and O–H groups in total. The van der Waals surface area contributed by atoms with Crippen LogP contribution in [0.5, 0.6) is 0 Å². The molecule has 1 heteroatoms. The van der Waals surface area contributed by atoms with Crippen LogP contribution in [0.25, 0.3) is 0 Å². The molecule has 0 amide bonds. The Balaban J connectivity index is 4.05. The first-order valence-corrected chi connectivity index (χ1v) is 5.27. The largest absolute Gasteiger partial charge is 0.131 e. The Morgan fingerprint density at radius 3 is 1.58 bits per heavy atom. The van der Waals surface area contributed by atoms with Crippen molar-refractivity contribution in [2.75, 3.05) is 0 Å². The summed E-state index contributed by atoms with van der Waals surface area (Å²) >= 11 is 0. The van der Waals surface area contributed by atoms with E-state index in [-0.39, 0.29) is 0 Å². The van der Waals surface area contributed by atoms with Crippen molar-refractivity contribution in [3.63, 3.8) is 0 Å². The van der Waals surface area contributed by atoms with Crippen LogP contribution in [0.2, 0.25) is 11.1 Å². The van der Waals surface area contributed by atoms with Gasteiger partial charge in [0.1, 0.15) is 7.28 Å². The average Bonchev–Trinajstić information content (AvgIpc) is 1.85.